The molecule has 1 aliphatic rings. The summed E-state index contributed by atoms with van der Waals surface area (Å²) in [5, 5.41) is 0. The van der Waals surface area contributed by atoms with Gasteiger partial charge in [-0.25, -0.2) is 12.7 Å². The highest BCUT2D eigenvalue weighted by atomic mass is 32.2. The van der Waals surface area contributed by atoms with E-state index in [2.05, 4.69) is 0 Å². The van der Waals surface area contributed by atoms with E-state index in [0.29, 0.717) is 5.56 Å². The van der Waals surface area contributed by atoms with Crippen LogP contribution < -0.4 is 4.74 Å². The average molecular weight is 434 g/mol. The van der Waals surface area contributed by atoms with Gasteiger partial charge in [0.05, 0.1) is 7.11 Å². The number of rotatable bonds is 8. The highest BCUT2D eigenvalue weighted by Crippen LogP contribution is 2.36. The predicted molar refractivity (Wildman–Crippen MR) is 103 cm³/mol. The van der Waals surface area contributed by atoms with Gasteiger partial charge in [0, 0.05) is 26.2 Å². The Balaban J connectivity index is 2.30. The van der Waals surface area contributed by atoms with Crippen molar-refractivity contribution in [1.29, 1.82) is 0 Å². The van der Waals surface area contributed by atoms with E-state index in [-0.39, 0.29) is 16.6 Å². The minimum absolute atomic E-state index is 0.0764. The van der Waals surface area contributed by atoms with Gasteiger partial charge in [-0.3, -0.25) is 4.79 Å². The molecule has 29 heavy (non-hydrogen) atoms. The topological polar surface area (TPSA) is 66.9 Å². The number of halogens is 3. The fraction of sp³-hybridized carbons (Fsp3) is 0.526. The number of methoxy groups -OCH3 is 1. The smallest absolute Gasteiger partial charge is 0.406 e. The molecule has 1 aliphatic carbocycles. The molecular formula is C19H25F3N2O4S. The number of carbonyl (C=O) groups excluding carboxylic acids is 1. The zero-order valence-corrected chi connectivity index (χ0v) is 17.5. The third-order valence-electron chi connectivity index (χ3n) is 4.79. The van der Waals surface area contributed by atoms with Crippen molar-refractivity contribution in [2.45, 2.75) is 36.9 Å². The number of ether oxygens (including phenoxy) is 1. The molecular weight excluding hydrogens is 409 g/mol. The van der Waals surface area contributed by atoms with E-state index in [1.54, 1.807) is 6.92 Å². The first-order valence-corrected chi connectivity index (χ1v) is 10.5. The van der Waals surface area contributed by atoms with Gasteiger partial charge in [-0.1, -0.05) is 6.07 Å². The highest BCUT2D eigenvalue weighted by Gasteiger charge is 2.39. The maximum atomic E-state index is 12.9. The van der Waals surface area contributed by atoms with Crippen molar-refractivity contribution in [3.8, 4) is 5.75 Å². The molecule has 1 fully saturated rings. The fourth-order valence-corrected chi connectivity index (χ4v) is 3.99. The molecule has 0 bridgehead atoms. The number of benzene rings is 1. The molecule has 0 spiro atoms. The minimum atomic E-state index is -4.50. The van der Waals surface area contributed by atoms with Gasteiger partial charge in [0.1, 0.15) is 17.2 Å². The molecule has 1 atom stereocenters. The van der Waals surface area contributed by atoms with E-state index < -0.39 is 34.7 Å². The summed E-state index contributed by atoms with van der Waals surface area (Å²) in [5.41, 5.74) is 0.352. The van der Waals surface area contributed by atoms with Crippen LogP contribution in [0, 0.1) is 5.92 Å². The third kappa shape index (κ3) is 5.96. The van der Waals surface area contributed by atoms with E-state index in [1.165, 1.54) is 45.5 Å². The normalized spacial score (nSPS) is 16.3. The zero-order chi connectivity index (χ0) is 22.0. The molecule has 0 radical (unpaired) electrons. The van der Waals surface area contributed by atoms with Gasteiger partial charge in [0.15, 0.2) is 0 Å². The molecule has 1 amide bonds. The lowest BCUT2D eigenvalue weighted by Crippen LogP contribution is -2.44. The van der Waals surface area contributed by atoms with Crippen LogP contribution >= 0.6 is 0 Å². The Bertz CT molecular complexity index is 878. The number of alkyl halides is 3. The van der Waals surface area contributed by atoms with Gasteiger partial charge < -0.3 is 9.64 Å². The van der Waals surface area contributed by atoms with Crippen LogP contribution in [-0.4, -0.2) is 63.5 Å². The standard InChI is InChI=1S/C19H25F3N2O4S/c1-13(15-7-8-15)24(12-19(20,21)22)18(25)10-6-14-5-9-16(28-4)17(11-14)29(26,27)23(2)3/h5-6,9-11,13,15H,7-8,12H2,1-4H3/b10-6+. The summed E-state index contributed by atoms with van der Waals surface area (Å²) in [7, 11) is 0.264. The molecule has 1 unspecified atom stereocenters. The lowest BCUT2D eigenvalue weighted by atomic mass is 10.1. The van der Waals surface area contributed by atoms with E-state index in [1.807, 2.05) is 0 Å². The lowest BCUT2D eigenvalue weighted by molar-refractivity contribution is -0.162. The lowest BCUT2D eigenvalue weighted by Gasteiger charge is -2.29. The summed E-state index contributed by atoms with van der Waals surface area (Å²) >= 11 is 0. The second-order valence-corrected chi connectivity index (χ2v) is 9.31. The first kappa shape index (κ1) is 23.2. The van der Waals surface area contributed by atoms with Crippen molar-refractivity contribution < 1.29 is 31.1 Å². The number of sulfonamides is 1. The molecule has 0 saturated heterocycles. The van der Waals surface area contributed by atoms with Gasteiger partial charge in [0.2, 0.25) is 15.9 Å². The van der Waals surface area contributed by atoms with Gasteiger partial charge in [-0.2, -0.15) is 13.2 Å². The largest absolute Gasteiger partial charge is 0.495 e. The Hall–Kier alpha value is -2.07. The molecule has 1 aromatic carbocycles. The van der Waals surface area contributed by atoms with Crippen LogP contribution in [-0.2, 0) is 14.8 Å². The molecule has 0 N–H and O–H groups in total. The maximum Gasteiger partial charge on any atom is 0.406 e. The Morgan fingerprint density at radius 2 is 1.93 bits per heavy atom. The molecule has 1 saturated carbocycles. The number of carbonyl (C=O) groups is 1. The molecule has 0 aromatic heterocycles. The second kappa shape index (κ2) is 8.74. The minimum Gasteiger partial charge on any atom is -0.495 e. The zero-order valence-electron chi connectivity index (χ0n) is 16.7. The molecule has 0 heterocycles. The van der Waals surface area contributed by atoms with Crippen molar-refractivity contribution in [2.75, 3.05) is 27.7 Å². The molecule has 1 aromatic rings. The summed E-state index contributed by atoms with van der Waals surface area (Å²) in [4.78, 5) is 13.2. The van der Waals surface area contributed by atoms with Crippen molar-refractivity contribution in [2.24, 2.45) is 5.92 Å². The second-order valence-electron chi connectivity index (χ2n) is 7.19. The third-order valence-corrected chi connectivity index (χ3v) is 6.63. The number of nitrogens with zero attached hydrogens (tertiary/aromatic N) is 2. The fourth-order valence-electron chi connectivity index (χ4n) is 2.91. The van der Waals surface area contributed by atoms with Crippen LogP contribution in [0.25, 0.3) is 6.08 Å². The Kier molecular flexibility index (Phi) is 7.00. The Morgan fingerprint density at radius 1 is 1.31 bits per heavy atom. The Labute approximate surface area is 169 Å². The average Bonchev–Trinajstić information content (AvgIpc) is 3.47. The van der Waals surface area contributed by atoms with Crippen molar-refractivity contribution in [3.63, 3.8) is 0 Å². The van der Waals surface area contributed by atoms with E-state index in [4.69, 9.17) is 4.74 Å². The number of hydrogen-bond donors (Lipinski definition) is 0. The summed E-state index contributed by atoms with van der Waals surface area (Å²) in [6.45, 7) is 0.293. The van der Waals surface area contributed by atoms with Crippen LogP contribution in [0.5, 0.6) is 5.75 Å². The highest BCUT2D eigenvalue weighted by molar-refractivity contribution is 7.89. The quantitative estimate of drug-likeness (QED) is 0.590. The van der Waals surface area contributed by atoms with Crippen LogP contribution in [0.2, 0.25) is 0 Å². The Morgan fingerprint density at radius 3 is 2.41 bits per heavy atom. The van der Waals surface area contributed by atoms with Crippen molar-refractivity contribution in [1.82, 2.24) is 9.21 Å². The molecule has 162 valence electrons. The summed E-state index contributed by atoms with van der Waals surface area (Å²) in [5.74, 6) is -0.565. The molecule has 10 heteroatoms. The summed E-state index contributed by atoms with van der Waals surface area (Å²) in [6.07, 6.45) is -0.550. The van der Waals surface area contributed by atoms with Crippen LogP contribution in [0.15, 0.2) is 29.2 Å². The van der Waals surface area contributed by atoms with Crippen molar-refractivity contribution in [3.05, 3.63) is 29.8 Å². The van der Waals surface area contributed by atoms with E-state index >= 15 is 0 Å². The first-order chi connectivity index (χ1) is 13.4. The van der Waals surface area contributed by atoms with E-state index in [0.717, 1.165) is 28.1 Å². The number of amides is 1. The predicted octanol–water partition coefficient (Wildman–Crippen LogP) is 3.15. The maximum absolute atomic E-state index is 12.9. The summed E-state index contributed by atoms with van der Waals surface area (Å²) in [6, 6.07) is 3.75. The van der Waals surface area contributed by atoms with Gasteiger partial charge in [-0.05, 0) is 49.5 Å². The van der Waals surface area contributed by atoms with E-state index in [9.17, 15) is 26.4 Å². The van der Waals surface area contributed by atoms with Crippen LogP contribution in [0.3, 0.4) is 0 Å². The van der Waals surface area contributed by atoms with Gasteiger partial charge in [0.25, 0.3) is 0 Å². The number of hydrogen-bond acceptors (Lipinski definition) is 4. The van der Waals surface area contributed by atoms with Gasteiger partial charge in [-0.15, -0.1) is 0 Å². The molecule has 0 aliphatic heterocycles. The summed E-state index contributed by atoms with van der Waals surface area (Å²) < 4.78 is 69.8. The molecule has 2 rings (SSSR count). The van der Waals surface area contributed by atoms with Crippen LogP contribution in [0.1, 0.15) is 25.3 Å². The first-order valence-electron chi connectivity index (χ1n) is 9.03. The monoisotopic (exact) mass is 434 g/mol. The van der Waals surface area contributed by atoms with Gasteiger partial charge >= 0.3 is 6.18 Å². The molecule has 6 nitrogen and oxygen atoms in total. The van der Waals surface area contributed by atoms with Crippen molar-refractivity contribution >= 4 is 22.0 Å². The van der Waals surface area contributed by atoms with Crippen LogP contribution in [0.4, 0.5) is 13.2 Å². The SMILES string of the molecule is COc1ccc(/C=C/C(=O)N(CC(F)(F)F)C(C)C2CC2)cc1S(=O)(=O)N(C)C.